The highest BCUT2D eigenvalue weighted by molar-refractivity contribution is 6.30. The number of hydrogen-bond acceptors (Lipinski definition) is 3. The van der Waals surface area contributed by atoms with Crippen molar-refractivity contribution in [1.82, 2.24) is 5.32 Å². The van der Waals surface area contributed by atoms with Crippen LogP contribution < -0.4 is 5.32 Å². The average molecular weight is 508 g/mol. The molecular weight excluding hydrogens is 470 g/mol. The van der Waals surface area contributed by atoms with Crippen molar-refractivity contribution in [3.05, 3.63) is 106 Å². The third-order valence-corrected chi connectivity index (χ3v) is 6.36. The van der Waals surface area contributed by atoms with Gasteiger partial charge in [-0.3, -0.25) is 0 Å². The lowest BCUT2D eigenvalue weighted by molar-refractivity contribution is 0.0860. The molecule has 0 fully saturated rings. The van der Waals surface area contributed by atoms with Crippen LogP contribution in [0.25, 0.3) is 0 Å². The second-order valence-electron chi connectivity index (χ2n) is 10.2. The molecule has 0 aromatic heterocycles. The Kier molecular flexibility index (Phi) is 10.4. The van der Waals surface area contributed by atoms with E-state index in [9.17, 15) is 4.79 Å². The van der Waals surface area contributed by atoms with Gasteiger partial charge in [-0.25, -0.2) is 4.79 Å². The fraction of sp³-hybridized carbons (Fsp3) is 0.387. The highest BCUT2D eigenvalue weighted by Gasteiger charge is 2.27. The molecule has 3 aromatic rings. The average Bonchev–Trinajstić information content (AvgIpc) is 2.85. The molecule has 1 unspecified atom stereocenters. The third-order valence-electron chi connectivity index (χ3n) is 6.14. The van der Waals surface area contributed by atoms with Gasteiger partial charge in [-0.2, -0.15) is 0 Å². The molecule has 192 valence electrons. The minimum atomic E-state index is -0.424. The van der Waals surface area contributed by atoms with Gasteiger partial charge in [-0.15, -0.1) is 0 Å². The van der Waals surface area contributed by atoms with Gasteiger partial charge in [0.2, 0.25) is 0 Å². The second kappa shape index (κ2) is 13.5. The topological polar surface area (TPSA) is 47.6 Å². The van der Waals surface area contributed by atoms with E-state index in [0.717, 1.165) is 35.1 Å². The smallest absolute Gasteiger partial charge is 0.407 e. The molecule has 5 heteroatoms. The van der Waals surface area contributed by atoms with Crippen molar-refractivity contribution in [3.8, 4) is 0 Å². The van der Waals surface area contributed by atoms with Crippen molar-refractivity contribution >= 4 is 17.7 Å². The zero-order valence-electron chi connectivity index (χ0n) is 21.8. The Hall–Kier alpha value is -2.82. The maximum absolute atomic E-state index is 12.7. The molecule has 0 saturated carbocycles. The molecule has 3 aromatic carbocycles. The van der Waals surface area contributed by atoms with Crippen LogP contribution >= 0.6 is 11.6 Å². The summed E-state index contributed by atoms with van der Waals surface area (Å²) in [5, 5.41) is 3.79. The van der Waals surface area contributed by atoms with Crippen molar-refractivity contribution in [1.29, 1.82) is 0 Å². The molecule has 0 aliphatic carbocycles. The summed E-state index contributed by atoms with van der Waals surface area (Å²) in [4.78, 5) is 12.7. The van der Waals surface area contributed by atoms with E-state index in [4.69, 9.17) is 21.1 Å². The Labute approximate surface area is 221 Å². The van der Waals surface area contributed by atoms with Gasteiger partial charge >= 0.3 is 6.09 Å². The van der Waals surface area contributed by atoms with Gasteiger partial charge in [-0.05, 0) is 46.2 Å². The maximum atomic E-state index is 12.7. The summed E-state index contributed by atoms with van der Waals surface area (Å²) in [7, 11) is 0. The Morgan fingerprint density at radius 1 is 0.944 bits per heavy atom. The molecule has 0 saturated heterocycles. The summed E-state index contributed by atoms with van der Waals surface area (Å²) in [5.74, 6) is -0.101. The first kappa shape index (κ1) is 27.8. The van der Waals surface area contributed by atoms with E-state index in [1.54, 1.807) is 0 Å². The predicted molar refractivity (Wildman–Crippen MR) is 148 cm³/mol. The summed E-state index contributed by atoms with van der Waals surface area (Å²) < 4.78 is 11.7. The number of carbonyl (C=O) groups is 1. The van der Waals surface area contributed by atoms with Gasteiger partial charge in [0, 0.05) is 10.9 Å². The van der Waals surface area contributed by atoms with Gasteiger partial charge in [0.1, 0.15) is 0 Å². The zero-order valence-corrected chi connectivity index (χ0v) is 22.6. The number of benzene rings is 3. The van der Waals surface area contributed by atoms with Crippen LogP contribution in [0.2, 0.25) is 5.02 Å². The van der Waals surface area contributed by atoms with Crippen LogP contribution in [-0.4, -0.2) is 25.3 Å². The summed E-state index contributed by atoms with van der Waals surface area (Å²) >= 11 is 6.41. The third kappa shape index (κ3) is 8.39. The minimum absolute atomic E-state index is 0.0162. The number of hydrogen-bond donors (Lipinski definition) is 1. The van der Waals surface area contributed by atoms with E-state index in [-0.39, 0.29) is 17.4 Å². The number of unbranched alkanes of at least 4 members (excludes halogenated alkanes) is 1. The highest BCUT2D eigenvalue weighted by Crippen LogP contribution is 2.30. The Bertz CT molecular complexity index is 1040. The normalized spacial score (nSPS) is 12.4. The molecule has 0 bridgehead atoms. The van der Waals surface area contributed by atoms with Crippen LogP contribution in [0, 0.1) is 0 Å². The molecule has 36 heavy (non-hydrogen) atoms. The lowest BCUT2D eigenvalue weighted by atomic mass is 9.85. The van der Waals surface area contributed by atoms with Crippen LogP contribution in [0.1, 0.15) is 68.7 Å². The molecular formula is C31H38ClNO3. The number of rotatable bonds is 11. The van der Waals surface area contributed by atoms with Gasteiger partial charge in [0.25, 0.3) is 0 Å². The maximum Gasteiger partial charge on any atom is 0.407 e. The second-order valence-corrected chi connectivity index (χ2v) is 10.6. The molecule has 1 amide bonds. The number of amides is 1. The Morgan fingerprint density at radius 3 is 2.11 bits per heavy atom. The summed E-state index contributed by atoms with van der Waals surface area (Å²) in [6.45, 7) is 9.67. The molecule has 4 nitrogen and oxygen atoms in total. The lowest BCUT2D eigenvalue weighted by Gasteiger charge is -2.29. The number of nitrogens with one attached hydrogen (secondary N) is 1. The standard InChI is InChI=1S/C31H38ClNO3/c1-5-6-17-36-30(34)33-28(22-35-21-23-18-26(31(2,3)4)20-27(32)19-23)29(24-13-9-7-10-14-24)25-15-11-8-12-16-25/h7-16,18-20,28-29H,5-6,17,21-22H2,1-4H3,(H,33,34). The van der Waals surface area contributed by atoms with Crippen LogP contribution in [0.15, 0.2) is 78.9 Å². The number of carbonyl (C=O) groups excluding carboxylic acids is 1. The first-order valence-corrected chi connectivity index (χ1v) is 13.1. The van der Waals surface area contributed by atoms with E-state index in [2.05, 4.69) is 63.3 Å². The lowest BCUT2D eigenvalue weighted by Crippen LogP contribution is -2.43. The van der Waals surface area contributed by atoms with E-state index >= 15 is 0 Å². The van der Waals surface area contributed by atoms with Gasteiger partial charge in [0.05, 0.1) is 25.9 Å². The van der Waals surface area contributed by atoms with E-state index < -0.39 is 6.09 Å². The first-order valence-electron chi connectivity index (χ1n) is 12.7. The fourth-order valence-corrected chi connectivity index (χ4v) is 4.43. The Balaban J connectivity index is 1.84. The first-order chi connectivity index (χ1) is 17.3. The molecule has 1 atom stereocenters. The molecule has 3 rings (SSSR count). The highest BCUT2D eigenvalue weighted by atomic mass is 35.5. The monoisotopic (exact) mass is 507 g/mol. The van der Waals surface area contributed by atoms with Crippen LogP contribution in [0.5, 0.6) is 0 Å². The molecule has 1 N–H and O–H groups in total. The quantitative estimate of drug-likeness (QED) is 0.268. The largest absolute Gasteiger partial charge is 0.450 e. The van der Waals surface area contributed by atoms with Gasteiger partial charge in [0.15, 0.2) is 0 Å². The van der Waals surface area contributed by atoms with Crippen molar-refractivity contribution < 1.29 is 14.3 Å². The van der Waals surface area contributed by atoms with Crippen molar-refractivity contribution in [2.45, 2.75) is 64.5 Å². The van der Waals surface area contributed by atoms with E-state index in [0.29, 0.717) is 24.8 Å². The Morgan fingerprint density at radius 2 is 1.56 bits per heavy atom. The summed E-state index contributed by atoms with van der Waals surface area (Å²) in [5.41, 5.74) is 4.35. The van der Waals surface area contributed by atoms with E-state index in [1.807, 2.05) is 48.5 Å². The zero-order chi connectivity index (χ0) is 26.0. The van der Waals surface area contributed by atoms with Crippen LogP contribution in [-0.2, 0) is 21.5 Å². The van der Waals surface area contributed by atoms with E-state index in [1.165, 1.54) is 0 Å². The number of halogens is 1. The van der Waals surface area contributed by atoms with Crippen LogP contribution in [0.4, 0.5) is 4.79 Å². The fourth-order valence-electron chi connectivity index (χ4n) is 4.17. The van der Waals surface area contributed by atoms with Gasteiger partial charge in [-0.1, -0.05) is 112 Å². The summed E-state index contributed by atoms with van der Waals surface area (Å²) in [6.07, 6.45) is 1.37. The van der Waals surface area contributed by atoms with Crippen molar-refractivity contribution in [2.24, 2.45) is 0 Å². The van der Waals surface area contributed by atoms with Gasteiger partial charge < -0.3 is 14.8 Å². The molecule has 0 radical (unpaired) electrons. The molecule has 0 spiro atoms. The minimum Gasteiger partial charge on any atom is -0.450 e. The van der Waals surface area contributed by atoms with Crippen LogP contribution in [0.3, 0.4) is 0 Å². The molecule has 0 aliphatic rings. The number of alkyl carbamates (subject to hydrolysis) is 1. The molecule has 0 heterocycles. The number of ether oxygens (including phenoxy) is 2. The molecule has 0 aliphatic heterocycles. The summed E-state index contributed by atoms with van der Waals surface area (Å²) in [6, 6.07) is 26.1. The predicted octanol–water partition coefficient (Wildman–Crippen LogP) is 7.88. The SMILES string of the molecule is CCCCOC(=O)NC(COCc1cc(Cl)cc(C(C)(C)C)c1)C(c1ccccc1)c1ccccc1. The van der Waals surface area contributed by atoms with Crippen molar-refractivity contribution in [2.75, 3.05) is 13.2 Å². The van der Waals surface area contributed by atoms with Crippen molar-refractivity contribution in [3.63, 3.8) is 0 Å².